The summed E-state index contributed by atoms with van der Waals surface area (Å²) < 4.78 is 30.8. The Morgan fingerprint density at radius 1 is 1.21 bits per heavy atom. The first kappa shape index (κ1) is 22.0. The lowest BCUT2D eigenvalue weighted by Crippen LogP contribution is -2.48. The maximum Gasteiger partial charge on any atom is 0.243 e. The predicted molar refractivity (Wildman–Crippen MR) is 113 cm³/mol. The third-order valence-corrected chi connectivity index (χ3v) is 6.02. The summed E-state index contributed by atoms with van der Waals surface area (Å²) in [4.78, 5) is 12.6. The van der Waals surface area contributed by atoms with Crippen molar-refractivity contribution in [3.8, 4) is 5.75 Å². The Morgan fingerprint density at radius 3 is 2.39 bits per heavy atom. The minimum atomic E-state index is -3.68. The molecule has 0 aromatic heterocycles. The molecule has 2 aromatic rings. The monoisotopic (exact) mass is 424 g/mol. The number of nitrogens with one attached hydrogen (secondary N) is 1. The van der Waals surface area contributed by atoms with Crippen LogP contribution in [0.25, 0.3) is 0 Å². The van der Waals surface area contributed by atoms with Crippen LogP contribution in [-0.2, 0) is 21.2 Å². The van der Waals surface area contributed by atoms with Gasteiger partial charge in [-0.25, -0.2) is 8.42 Å². The zero-order valence-electron chi connectivity index (χ0n) is 16.4. The summed E-state index contributed by atoms with van der Waals surface area (Å²) >= 11 is 6.13. The summed E-state index contributed by atoms with van der Waals surface area (Å²) in [5.74, 6) is 0.387. The van der Waals surface area contributed by atoms with Crippen molar-refractivity contribution in [2.75, 3.05) is 24.2 Å². The second kappa shape index (κ2) is 9.30. The number of carbonyl (C=O) groups excluding carboxylic acids is 1. The Morgan fingerprint density at radius 2 is 1.86 bits per heavy atom. The molecule has 6 nitrogen and oxygen atoms in total. The van der Waals surface area contributed by atoms with Crippen LogP contribution in [0.2, 0.25) is 5.02 Å². The van der Waals surface area contributed by atoms with E-state index in [1.54, 1.807) is 32.2 Å². The van der Waals surface area contributed by atoms with E-state index in [-0.39, 0.29) is 5.91 Å². The van der Waals surface area contributed by atoms with Crippen molar-refractivity contribution in [2.45, 2.75) is 26.3 Å². The number of benzene rings is 2. The Hall–Kier alpha value is -2.25. The summed E-state index contributed by atoms with van der Waals surface area (Å²) in [7, 11) is -2.07. The van der Waals surface area contributed by atoms with Crippen LogP contribution in [0.3, 0.4) is 0 Å². The number of anilines is 1. The minimum absolute atomic E-state index is 0.357. The molecular weight excluding hydrogens is 400 g/mol. The number of halogens is 1. The number of methoxy groups -OCH3 is 1. The smallest absolute Gasteiger partial charge is 0.243 e. The molecule has 1 N–H and O–H groups in total. The highest BCUT2D eigenvalue weighted by molar-refractivity contribution is 7.92. The van der Waals surface area contributed by atoms with Crippen LogP contribution < -0.4 is 14.4 Å². The van der Waals surface area contributed by atoms with Gasteiger partial charge in [-0.1, -0.05) is 29.8 Å². The highest BCUT2D eigenvalue weighted by Gasteiger charge is 2.29. The maximum absolute atomic E-state index is 12.6. The fraction of sp³-hybridized carbons (Fsp3) is 0.350. The van der Waals surface area contributed by atoms with Crippen molar-refractivity contribution >= 4 is 33.2 Å². The van der Waals surface area contributed by atoms with Crippen LogP contribution in [0.1, 0.15) is 18.1 Å². The van der Waals surface area contributed by atoms with Gasteiger partial charge in [-0.3, -0.25) is 9.10 Å². The molecule has 152 valence electrons. The lowest BCUT2D eigenvalue weighted by molar-refractivity contribution is -0.121. The molecule has 0 bridgehead atoms. The van der Waals surface area contributed by atoms with Crippen molar-refractivity contribution in [1.29, 1.82) is 0 Å². The number of carbonyl (C=O) groups is 1. The first-order valence-electron chi connectivity index (χ1n) is 8.79. The lowest BCUT2D eigenvalue weighted by Gasteiger charge is -2.28. The van der Waals surface area contributed by atoms with Gasteiger partial charge in [0.05, 0.1) is 19.1 Å². The molecule has 0 aliphatic carbocycles. The first-order valence-corrected chi connectivity index (χ1v) is 11.0. The molecule has 8 heteroatoms. The molecule has 0 fully saturated rings. The van der Waals surface area contributed by atoms with Gasteiger partial charge in [-0.2, -0.15) is 0 Å². The number of amides is 1. The number of rotatable bonds is 8. The molecule has 0 spiro atoms. The number of hydrogen-bond donors (Lipinski definition) is 1. The second-order valence-corrected chi connectivity index (χ2v) is 8.82. The van der Waals surface area contributed by atoms with Gasteiger partial charge < -0.3 is 10.1 Å². The van der Waals surface area contributed by atoms with Gasteiger partial charge in [-0.15, -0.1) is 0 Å². The highest BCUT2D eigenvalue weighted by atomic mass is 35.5. The van der Waals surface area contributed by atoms with Crippen molar-refractivity contribution < 1.29 is 17.9 Å². The summed E-state index contributed by atoms with van der Waals surface area (Å²) in [5, 5.41) is 3.24. The summed E-state index contributed by atoms with van der Waals surface area (Å²) in [6, 6.07) is 11.6. The van der Waals surface area contributed by atoms with E-state index in [4.69, 9.17) is 16.3 Å². The fourth-order valence-corrected chi connectivity index (χ4v) is 4.14. The minimum Gasteiger partial charge on any atom is -0.497 e. The second-order valence-electron chi connectivity index (χ2n) is 6.56. The molecule has 0 aliphatic rings. The third-order valence-electron chi connectivity index (χ3n) is 4.37. The van der Waals surface area contributed by atoms with E-state index >= 15 is 0 Å². The van der Waals surface area contributed by atoms with Crippen molar-refractivity contribution in [2.24, 2.45) is 0 Å². The molecule has 1 atom stereocenters. The summed E-state index contributed by atoms with van der Waals surface area (Å²) in [5.41, 5.74) is 2.23. The van der Waals surface area contributed by atoms with E-state index in [2.05, 4.69) is 5.32 Å². The van der Waals surface area contributed by atoms with Gasteiger partial charge in [0.2, 0.25) is 15.9 Å². The normalized spacial score (nSPS) is 12.3. The SMILES string of the molecule is COc1ccc(CCNC(=O)C(C)N(c2ccc(C)c(Cl)c2)S(C)(=O)=O)cc1. The van der Waals surface area contributed by atoms with E-state index < -0.39 is 16.1 Å². The highest BCUT2D eigenvalue weighted by Crippen LogP contribution is 2.26. The average molecular weight is 425 g/mol. The topological polar surface area (TPSA) is 75.7 Å². The Kier molecular flexibility index (Phi) is 7.32. The molecule has 1 unspecified atom stereocenters. The van der Waals surface area contributed by atoms with Gasteiger partial charge in [-0.05, 0) is 55.7 Å². The molecule has 1 amide bonds. The zero-order valence-corrected chi connectivity index (χ0v) is 18.0. The molecule has 2 rings (SSSR count). The molecule has 0 saturated heterocycles. The van der Waals surface area contributed by atoms with E-state index in [1.807, 2.05) is 31.2 Å². The predicted octanol–water partition coefficient (Wildman–Crippen LogP) is 3.17. The Labute approximate surface area is 171 Å². The van der Waals surface area contributed by atoms with Crippen LogP contribution >= 0.6 is 11.6 Å². The van der Waals surface area contributed by atoms with Crippen LogP contribution in [0.4, 0.5) is 5.69 Å². The quantitative estimate of drug-likeness (QED) is 0.706. The molecule has 28 heavy (non-hydrogen) atoms. The van der Waals surface area contributed by atoms with Crippen molar-refractivity contribution in [1.82, 2.24) is 5.32 Å². The largest absolute Gasteiger partial charge is 0.497 e. The number of aryl methyl sites for hydroxylation is 1. The maximum atomic E-state index is 12.6. The van der Waals surface area contributed by atoms with E-state index in [9.17, 15) is 13.2 Å². The van der Waals surface area contributed by atoms with Crippen molar-refractivity contribution in [3.63, 3.8) is 0 Å². The van der Waals surface area contributed by atoms with Crippen LogP contribution in [0, 0.1) is 6.92 Å². The fourth-order valence-electron chi connectivity index (χ4n) is 2.80. The molecule has 0 aliphatic heterocycles. The molecular formula is C20H25ClN2O4S. The average Bonchev–Trinajstić information content (AvgIpc) is 2.64. The van der Waals surface area contributed by atoms with E-state index in [0.29, 0.717) is 23.7 Å². The van der Waals surface area contributed by atoms with Gasteiger partial charge in [0.25, 0.3) is 0 Å². The Bertz CT molecular complexity index is 930. The summed E-state index contributed by atoms with van der Waals surface area (Å²) in [6.45, 7) is 3.77. The van der Waals surface area contributed by atoms with Crippen molar-refractivity contribution in [3.05, 3.63) is 58.6 Å². The summed E-state index contributed by atoms with van der Waals surface area (Å²) in [6.07, 6.45) is 1.69. The molecule has 0 heterocycles. The standard InChI is InChI=1S/C20H25ClN2O4S/c1-14-5-8-17(13-19(14)21)23(28(4,25)26)15(2)20(24)22-12-11-16-6-9-18(27-3)10-7-16/h5-10,13,15H,11-12H2,1-4H3,(H,22,24). The first-order chi connectivity index (χ1) is 13.1. The zero-order chi connectivity index (χ0) is 20.9. The van der Waals surface area contributed by atoms with E-state index in [0.717, 1.165) is 27.4 Å². The van der Waals surface area contributed by atoms with Gasteiger partial charge in [0.15, 0.2) is 0 Å². The van der Waals surface area contributed by atoms with Gasteiger partial charge in [0, 0.05) is 11.6 Å². The molecule has 2 aromatic carbocycles. The number of nitrogens with zero attached hydrogens (tertiary/aromatic N) is 1. The van der Waals surface area contributed by atoms with Crippen LogP contribution in [-0.4, -0.2) is 40.3 Å². The van der Waals surface area contributed by atoms with Gasteiger partial charge >= 0.3 is 0 Å². The van der Waals surface area contributed by atoms with Crippen LogP contribution in [0.15, 0.2) is 42.5 Å². The Balaban J connectivity index is 2.07. The number of sulfonamides is 1. The molecule has 0 saturated carbocycles. The lowest BCUT2D eigenvalue weighted by atomic mass is 10.1. The van der Waals surface area contributed by atoms with Gasteiger partial charge in [0.1, 0.15) is 11.8 Å². The third kappa shape index (κ3) is 5.62. The van der Waals surface area contributed by atoms with Crippen LogP contribution in [0.5, 0.6) is 5.75 Å². The molecule has 0 radical (unpaired) electrons. The number of hydrogen-bond acceptors (Lipinski definition) is 4. The van der Waals surface area contributed by atoms with E-state index in [1.165, 1.54) is 0 Å². The number of ether oxygens (including phenoxy) is 1.